The number of carbonyl (C=O) groups excluding carboxylic acids is 1. The minimum absolute atomic E-state index is 0.133. The van der Waals surface area contributed by atoms with Crippen LogP contribution in [0.4, 0.5) is 4.79 Å². The molecule has 0 aliphatic carbocycles. The summed E-state index contributed by atoms with van der Waals surface area (Å²) in [6, 6.07) is 6.78. The Labute approximate surface area is 80.7 Å². The molecule has 2 rings (SSSR count). The zero-order chi connectivity index (χ0) is 9.97. The first-order chi connectivity index (χ1) is 6.77. The van der Waals surface area contributed by atoms with Crippen LogP contribution < -0.4 is 10.9 Å². The summed E-state index contributed by atoms with van der Waals surface area (Å²) < 4.78 is 4.98. The standard InChI is InChI=1S/C9H10N2O3/c12-7-4-2-1-3-6(7)8-5-10-11-9(13)14-8/h1-4,8,10,12H,5H2,(H,11,13). The highest BCUT2D eigenvalue weighted by molar-refractivity contribution is 5.67. The Balaban J connectivity index is 2.22. The maximum atomic E-state index is 10.9. The van der Waals surface area contributed by atoms with Gasteiger partial charge in [-0.2, -0.15) is 0 Å². The number of phenolic OH excluding ortho intramolecular Hbond substituents is 1. The fourth-order valence-corrected chi connectivity index (χ4v) is 1.35. The summed E-state index contributed by atoms with van der Waals surface area (Å²) in [7, 11) is 0. The first-order valence-electron chi connectivity index (χ1n) is 4.25. The summed E-state index contributed by atoms with van der Waals surface area (Å²) in [5, 5.41) is 9.51. The number of benzene rings is 1. The average molecular weight is 194 g/mol. The van der Waals surface area contributed by atoms with Gasteiger partial charge in [0.25, 0.3) is 0 Å². The van der Waals surface area contributed by atoms with Crippen LogP contribution in [0.25, 0.3) is 0 Å². The highest BCUT2D eigenvalue weighted by atomic mass is 16.6. The number of ether oxygens (including phenoxy) is 1. The van der Waals surface area contributed by atoms with Crippen LogP contribution >= 0.6 is 0 Å². The minimum Gasteiger partial charge on any atom is -0.508 e. The third-order valence-electron chi connectivity index (χ3n) is 2.01. The molecule has 1 heterocycles. The van der Waals surface area contributed by atoms with Crippen molar-refractivity contribution in [3.05, 3.63) is 29.8 Å². The molecule has 0 bridgehead atoms. The summed E-state index contributed by atoms with van der Waals surface area (Å²) in [4.78, 5) is 10.9. The largest absolute Gasteiger partial charge is 0.508 e. The normalized spacial score (nSPS) is 21.1. The quantitative estimate of drug-likeness (QED) is 0.614. The highest BCUT2D eigenvalue weighted by Gasteiger charge is 2.23. The molecule has 1 aromatic carbocycles. The lowest BCUT2D eigenvalue weighted by atomic mass is 10.1. The molecule has 1 fully saturated rings. The van der Waals surface area contributed by atoms with Crippen LogP contribution in [0.2, 0.25) is 0 Å². The molecule has 0 spiro atoms. The summed E-state index contributed by atoms with van der Waals surface area (Å²) >= 11 is 0. The number of rotatable bonds is 1. The molecular formula is C9H10N2O3. The van der Waals surface area contributed by atoms with Gasteiger partial charge in [-0.05, 0) is 6.07 Å². The lowest BCUT2D eigenvalue weighted by Gasteiger charge is -2.24. The van der Waals surface area contributed by atoms with Crippen molar-refractivity contribution in [2.75, 3.05) is 6.54 Å². The lowest BCUT2D eigenvalue weighted by molar-refractivity contribution is 0.0667. The number of aromatic hydroxyl groups is 1. The maximum absolute atomic E-state index is 10.9. The molecule has 14 heavy (non-hydrogen) atoms. The van der Waals surface area contributed by atoms with Crippen LogP contribution in [0.15, 0.2) is 24.3 Å². The average Bonchev–Trinajstić information content (AvgIpc) is 2.18. The number of hydrazine groups is 1. The fraction of sp³-hybridized carbons (Fsp3) is 0.222. The van der Waals surface area contributed by atoms with Crippen LogP contribution in [0.1, 0.15) is 11.7 Å². The molecule has 5 heteroatoms. The molecular weight excluding hydrogens is 184 g/mol. The topological polar surface area (TPSA) is 70.6 Å². The van der Waals surface area contributed by atoms with E-state index in [0.717, 1.165) is 0 Å². The summed E-state index contributed by atoms with van der Waals surface area (Å²) in [6.45, 7) is 0.434. The van der Waals surface area contributed by atoms with Gasteiger partial charge in [0.1, 0.15) is 11.9 Å². The van der Waals surface area contributed by atoms with Crippen molar-refractivity contribution >= 4 is 6.09 Å². The van der Waals surface area contributed by atoms with Gasteiger partial charge in [-0.25, -0.2) is 10.2 Å². The monoisotopic (exact) mass is 194 g/mol. The molecule has 3 N–H and O–H groups in total. The second-order valence-electron chi connectivity index (χ2n) is 2.96. The Morgan fingerprint density at radius 3 is 2.93 bits per heavy atom. The Bertz CT molecular complexity index is 354. The van der Waals surface area contributed by atoms with Gasteiger partial charge in [0, 0.05) is 5.56 Å². The van der Waals surface area contributed by atoms with Crippen molar-refractivity contribution < 1.29 is 14.6 Å². The first-order valence-corrected chi connectivity index (χ1v) is 4.25. The zero-order valence-electron chi connectivity index (χ0n) is 7.36. The predicted molar refractivity (Wildman–Crippen MR) is 48.5 cm³/mol. The number of hydrogen-bond acceptors (Lipinski definition) is 4. The second kappa shape index (κ2) is 3.55. The Morgan fingerprint density at radius 2 is 2.21 bits per heavy atom. The zero-order valence-corrected chi connectivity index (χ0v) is 7.36. The number of amides is 1. The number of nitrogens with one attached hydrogen (secondary N) is 2. The van der Waals surface area contributed by atoms with Gasteiger partial charge in [0.15, 0.2) is 0 Å². The van der Waals surface area contributed by atoms with E-state index in [1.54, 1.807) is 24.3 Å². The predicted octanol–water partition coefficient (Wildman–Crippen LogP) is 0.678. The van der Waals surface area contributed by atoms with Gasteiger partial charge >= 0.3 is 6.09 Å². The van der Waals surface area contributed by atoms with Gasteiger partial charge in [-0.3, -0.25) is 5.43 Å². The fourth-order valence-electron chi connectivity index (χ4n) is 1.35. The SMILES string of the molecule is O=C1NNCC(c2ccccc2O)O1. The van der Waals surface area contributed by atoms with E-state index in [1.807, 2.05) is 0 Å². The van der Waals surface area contributed by atoms with Gasteiger partial charge in [0.2, 0.25) is 0 Å². The van der Waals surface area contributed by atoms with Crippen LogP contribution in [0.5, 0.6) is 5.75 Å². The summed E-state index contributed by atoms with van der Waals surface area (Å²) in [5.74, 6) is 0.133. The van der Waals surface area contributed by atoms with E-state index in [4.69, 9.17) is 4.74 Å². The van der Waals surface area contributed by atoms with E-state index in [2.05, 4.69) is 10.9 Å². The molecule has 1 amide bonds. The van der Waals surface area contributed by atoms with E-state index >= 15 is 0 Å². The van der Waals surface area contributed by atoms with Crippen LogP contribution in [0.3, 0.4) is 0 Å². The molecule has 0 saturated carbocycles. The second-order valence-corrected chi connectivity index (χ2v) is 2.96. The molecule has 1 aliphatic rings. The molecule has 0 aromatic heterocycles. The number of hydrogen-bond donors (Lipinski definition) is 3. The van der Waals surface area contributed by atoms with E-state index in [9.17, 15) is 9.90 Å². The summed E-state index contributed by atoms with van der Waals surface area (Å²) in [6.07, 6.45) is -0.977. The number of para-hydroxylation sites is 1. The van der Waals surface area contributed by atoms with Crippen molar-refractivity contribution in [3.8, 4) is 5.75 Å². The molecule has 1 unspecified atom stereocenters. The lowest BCUT2D eigenvalue weighted by Crippen LogP contribution is -2.46. The van der Waals surface area contributed by atoms with Crippen LogP contribution in [-0.2, 0) is 4.74 Å². The molecule has 74 valence electrons. The van der Waals surface area contributed by atoms with Crippen LogP contribution in [0, 0.1) is 0 Å². The molecule has 1 saturated heterocycles. The van der Waals surface area contributed by atoms with E-state index in [0.29, 0.717) is 12.1 Å². The minimum atomic E-state index is -0.537. The van der Waals surface area contributed by atoms with Gasteiger partial charge < -0.3 is 9.84 Å². The van der Waals surface area contributed by atoms with Gasteiger partial charge in [-0.15, -0.1) is 0 Å². The number of cyclic esters (lactones) is 1. The Kier molecular flexibility index (Phi) is 2.24. The highest BCUT2D eigenvalue weighted by Crippen LogP contribution is 2.26. The number of phenols is 1. The van der Waals surface area contributed by atoms with Gasteiger partial charge in [0.05, 0.1) is 6.54 Å². The van der Waals surface area contributed by atoms with Gasteiger partial charge in [-0.1, -0.05) is 18.2 Å². The third kappa shape index (κ3) is 1.62. The van der Waals surface area contributed by atoms with Crippen molar-refractivity contribution in [2.24, 2.45) is 0 Å². The number of carbonyl (C=O) groups is 1. The maximum Gasteiger partial charge on any atom is 0.422 e. The molecule has 0 radical (unpaired) electrons. The Morgan fingerprint density at radius 1 is 1.43 bits per heavy atom. The molecule has 1 atom stereocenters. The first kappa shape index (κ1) is 8.83. The smallest absolute Gasteiger partial charge is 0.422 e. The van der Waals surface area contributed by atoms with Crippen molar-refractivity contribution in [1.82, 2.24) is 10.9 Å². The molecule has 1 aromatic rings. The van der Waals surface area contributed by atoms with E-state index < -0.39 is 12.2 Å². The summed E-state index contributed by atoms with van der Waals surface area (Å²) in [5.41, 5.74) is 5.59. The molecule has 1 aliphatic heterocycles. The van der Waals surface area contributed by atoms with E-state index in [1.165, 1.54) is 0 Å². The van der Waals surface area contributed by atoms with E-state index in [-0.39, 0.29) is 5.75 Å². The van der Waals surface area contributed by atoms with Crippen molar-refractivity contribution in [3.63, 3.8) is 0 Å². The van der Waals surface area contributed by atoms with Crippen molar-refractivity contribution in [1.29, 1.82) is 0 Å². The molecule has 5 nitrogen and oxygen atoms in total. The van der Waals surface area contributed by atoms with Crippen LogP contribution in [-0.4, -0.2) is 17.7 Å². The van der Waals surface area contributed by atoms with Crippen molar-refractivity contribution in [2.45, 2.75) is 6.10 Å². The third-order valence-corrected chi connectivity index (χ3v) is 2.01. The Hall–Kier alpha value is -1.75.